The second-order valence-corrected chi connectivity index (χ2v) is 31.3. The molecule has 0 radical (unpaired) electrons. The number of rotatable bonds is 29. The molecule has 456 valence electrons. The molecular weight excluding hydrogens is 985 g/mol. The Bertz CT molecular complexity index is 2070. The first-order valence-corrected chi connectivity index (χ1v) is 35.1. The van der Waals surface area contributed by atoms with Crippen molar-refractivity contribution in [3.8, 4) is 0 Å². The van der Waals surface area contributed by atoms with Crippen LogP contribution >= 0.6 is 0 Å². The number of aliphatic hydroxyl groups is 2. The Morgan fingerprint density at radius 2 is 1.04 bits per heavy atom. The Labute approximate surface area is 491 Å². The standard InChI is InChI=1S/C74H124O6/c1-12-13-14-15-16-17-18-19-20-21-22-23-24-25-26-33-68(77)80-69(66-48-56(75)46-54-34-36-58-62-40-38-60(52(6)31-27-29-50(2)3)71(62,8)44-42-64(58)73(54,66)10)70(78)79-67-49-57(76)47-55-35-37-59-63-41-39-61(53(7)32-28-30-51(4)5)72(63,9)45-43-65(59)74(55,67)11/h19-20,34-35,50-53,56-67,69,75-76H,12-18,21-33,36-49H2,1-11H3/b20-19-/t52-,53-,56-,57+,58+,59+,60-,61-,62+,63+,64+,65+,66?,67?,69?,71-,72-,73-,74+/m1/s1. The number of aliphatic hydroxyl groups excluding tert-OH is 2. The Morgan fingerprint density at radius 3 is 1.56 bits per heavy atom. The normalized spacial score (nSPS) is 38.6. The van der Waals surface area contributed by atoms with Crippen molar-refractivity contribution in [1.29, 1.82) is 0 Å². The molecule has 8 aliphatic carbocycles. The van der Waals surface area contributed by atoms with E-state index < -0.39 is 47.1 Å². The maximum absolute atomic E-state index is 15.9. The molecule has 6 fully saturated rings. The third-order valence-electron chi connectivity index (χ3n) is 25.6. The van der Waals surface area contributed by atoms with Crippen molar-refractivity contribution in [1.82, 2.24) is 0 Å². The first-order chi connectivity index (χ1) is 38.3. The van der Waals surface area contributed by atoms with E-state index in [-0.39, 0.29) is 12.4 Å². The number of hydrogen-bond donors (Lipinski definition) is 2. The molecule has 6 heteroatoms. The lowest BCUT2D eigenvalue weighted by molar-refractivity contribution is -0.196. The van der Waals surface area contributed by atoms with Gasteiger partial charge in [-0.1, -0.05) is 202 Å². The second kappa shape index (κ2) is 28.5. The fraction of sp³-hybridized carbons (Fsp3) is 0.892. The van der Waals surface area contributed by atoms with Gasteiger partial charge in [-0.2, -0.15) is 0 Å². The quantitative estimate of drug-likeness (QED) is 0.0440. The minimum atomic E-state index is -1.12. The molecule has 0 bridgehead atoms. The van der Waals surface area contributed by atoms with Crippen molar-refractivity contribution in [2.45, 2.75) is 319 Å². The maximum atomic E-state index is 15.9. The largest absolute Gasteiger partial charge is 0.459 e. The number of esters is 2. The van der Waals surface area contributed by atoms with E-state index in [9.17, 15) is 15.0 Å². The smallest absolute Gasteiger partial charge is 0.348 e. The first kappa shape index (κ1) is 64.1. The lowest BCUT2D eigenvalue weighted by Crippen LogP contribution is -2.59. The van der Waals surface area contributed by atoms with Gasteiger partial charge in [-0.3, -0.25) is 4.79 Å². The van der Waals surface area contributed by atoms with Gasteiger partial charge in [0.25, 0.3) is 0 Å². The first-order valence-electron chi connectivity index (χ1n) is 35.1. The summed E-state index contributed by atoms with van der Waals surface area (Å²) in [5.41, 5.74) is 2.39. The predicted molar refractivity (Wildman–Crippen MR) is 332 cm³/mol. The molecule has 0 aliphatic heterocycles. The summed E-state index contributed by atoms with van der Waals surface area (Å²) in [7, 11) is 0. The third kappa shape index (κ3) is 14.0. The van der Waals surface area contributed by atoms with Crippen LogP contribution in [0, 0.1) is 98.6 Å². The van der Waals surface area contributed by atoms with Crippen LogP contribution in [-0.2, 0) is 19.1 Å². The Hall–Kier alpha value is -1.92. The summed E-state index contributed by atoms with van der Waals surface area (Å²) in [5.74, 6) is 6.36. The van der Waals surface area contributed by atoms with Gasteiger partial charge in [-0.25, -0.2) is 4.79 Å². The summed E-state index contributed by atoms with van der Waals surface area (Å²) >= 11 is 0. The zero-order chi connectivity index (χ0) is 57.4. The summed E-state index contributed by atoms with van der Waals surface area (Å²) < 4.78 is 13.9. The summed E-state index contributed by atoms with van der Waals surface area (Å²) in [5, 5.41) is 23.7. The summed E-state index contributed by atoms with van der Waals surface area (Å²) in [6, 6.07) is 0. The third-order valence-corrected chi connectivity index (χ3v) is 25.6. The van der Waals surface area contributed by atoms with Crippen LogP contribution in [0.4, 0.5) is 0 Å². The fourth-order valence-corrected chi connectivity index (χ4v) is 21.2. The van der Waals surface area contributed by atoms with Crippen LogP contribution in [-0.4, -0.2) is 46.6 Å². The van der Waals surface area contributed by atoms with E-state index >= 15 is 4.79 Å². The maximum Gasteiger partial charge on any atom is 0.348 e. The van der Waals surface area contributed by atoms with Gasteiger partial charge >= 0.3 is 11.9 Å². The number of unbranched alkanes of at least 4 members (excludes halogenated alkanes) is 11. The van der Waals surface area contributed by atoms with Crippen LogP contribution in [0.5, 0.6) is 0 Å². The molecule has 0 amide bonds. The molecule has 0 saturated heterocycles. The highest BCUT2D eigenvalue weighted by Crippen LogP contribution is 2.70. The van der Waals surface area contributed by atoms with Crippen LogP contribution in [0.2, 0.25) is 0 Å². The molecule has 0 aromatic carbocycles. The Kier molecular flexibility index (Phi) is 22.8. The zero-order valence-electron chi connectivity index (χ0n) is 53.7. The van der Waals surface area contributed by atoms with Gasteiger partial charge in [0.1, 0.15) is 6.10 Å². The SMILES string of the molecule is CCCCCCCC/C=C\CCCCCCCC(=O)OC(C(=O)OC1C[C@@H](O)CC2=CC[C@H]3[C@@H]4CC[C@H]([C@H](C)CCCC(C)C)[C@@]4(C)CC[C@@H]3[C@]21C)C1C[C@H](O)CC2=CC[C@H]3[C@@H]4CC[C@H]([C@H](C)CCCC(C)C)[C@@]4(C)CC[C@@H]3[C@@]21C. The molecule has 0 aromatic rings. The second-order valence-electron chi connectivity index (χ2n) is 31.3. The molecule has 6 saturated carbocycles. The molecule has 0 spiro atoms. The lowest BCUT2D eigenvalue weighted by Gasteiger charge is -2.61. The molecule has 80 heavy (non-hydrogen) atoms. The Balaban J connectivity index is 0.998. The van der Waals surface area contributed by atoms with Crippen LogP contribution in [0.3, 0.4) is 0 Å². The monoisotopic (exact) mass is 1110 g/mol. The highest BCUT2D eigenvalue weighted by atomic mass is 16.6. The highest BCUT2D eigenvalue weighted by Gasteiger charge is 2.65. The molecule has 19 atom stereocenters. The van der Waals surface area contributed by atoms with Crippen molar-refractivity contribution in [3.63, 3.8) is 0 Å². The number of carbonyl (C=O) groups excluding carboxylic acids is 2. The van der Waals surface area contributed by atoms with Crippen molar-refractivity contribution in [2.24, 2.45) is 98.6 Å². The van der Waals surface area contributed by atoms with Gasteiger partial charge in [-0.05, 0) is 203 Å². The van der Waals surface area contributed by atoms with E-state index in [1.807, 2.05) is 0 Å². The van der Waals surface area contributed by atoms with Crippen LogP contribution < -0.4 is 0 Å². The molecular formula is C74H124O6. The molecule has 2 N–H and O–H groups in total. The topological polar surface area (TPSA) is 93.1 Å². The minimum Gasteiger partial charge on any atom is -0.459 e. The van der Waals surface area contributed by atoms with Crippen LogP contribution in [0.25, 0.3) is 0 Å². The molecule has 0 heterocycles. The van der Waals surface area contributed by atoms with E-state index in [1.54, 1.807) is 0 Å². The molecule has 8 rings (SSSR count). The average Bonchev–Trinajstić information content (AvgIpc) is 4.01. The summed E-state index contributed by atoms with van der Waals surface area (Å²) in [6.07, 6.45) is 44.7. The van der Waals surface area contributed by atoms with Crippen LogP contribution in [0.15, 0.2) is 35.5 Å². The van der Waals surface area contributed by atoms with Crippen LogP contribution in [0.1, 0.15) is 294 Å². The number of allylic oxidation sites excluding steroid dienone is 4. The molecule has 0 aromatic heterocycles. The predicted octanol–water partition coefficient (Wildman–Crippen LogP) is 19.5. The van der Waals surface area contributed by atoms with E-state index in [0.717, 1.165) is 93.3 Å². The van der Waals surface area contributed by atoms with E-state index in [1.165, 1.54) is 140 Å². The molecule has 6 nitrogen and oxygen atoms in total. The van der Waals surface area contributed by atoms with Crippen molar-refractivity contribution in [3.05, 3.63) is 35.5 Å². The van der Waals surface area contributed by atoms with Crippen molar-refractivity contribution >= 4 is 11.9 Å². The molecule has 3 unspecified atom stereocenters. The van der Waals surface area contributed by atoms with E-state index in [0.29, 0.717) is 72.0 Å². The fourth-order valence-electron chi connectivity index (χ4n) is 21.2. The molecule has 8 aliphatic rings. The van der Waals surface area contributed by atoms with Gasteiger partial charge in [-0.15, -0.1) is 0 Å². The van der Waals surface area contributed by atoms with Crippen molar-refractivity contribution < 1.29 is 29.3 Å². The van der Waals surface area contributed by atoms with E-state index in [4.69, 9.17) is 9.47 Å². The highest BCUT2D eigenvalue weighted by molar-refractivity contribution is 5.80. The van der Waals surface area contributed by atoms with Gasteiger partial charge in [0, 0.05) is 24.2 Å². The summed E-state index contributed by atoms with van der Waals surface area (Å²) in [4.78, 5) is 30.4. The van der Waals surface area contributed by atoms with Gasteiger partial charge in [0.2, 0.25) is 6.10 Å². The minimum absolute atomic E-state index is 0.286. The average molecular weight is 1110 g/mol. The number of fused-ring (bicyclic) bond motifs is 10. The number of hydrogen-bond acceptors (Lipinski definition) is 6. The van der Waals surface area contributed by atoms with Gasteiger partial charge < -0.3 is 19.7 Å². The number of carbonyl (C=O) groups is 2. The van der Waals surface area contributed by atoms with E-state index in [2.05, 4.69) is 100 Å². The van der Waals surface area contributed by atoms with Gasteiger partial charge in [0.15, 0.2) is 0 Å². The number of ether oxygens (including phenoxy) is 2. The summed E-state index contributed by atoms with van der Waals surface area (Å²) in [6.45, 7) is 26.9. The lowest BCUT2D eigenvalue weighted by atomic mass is 9.44. The van der Waals surface area contributed by atoms with Crippen molar-refractivity contribution in [2.75, 3.05) is 0 Å². The Morgan fingerprint density at radius 1 is 0.562 bits per heavy atom. The zero-order valence-corrected chi connectivity index (χ0v) is 53.7. The van der Waals surface area contributed by atoms with Gasteiger partial charge in [0.05, 0.1) is 12.2 Å².